The maximum atomic E-state index is 12.9. The van der Waals surface area contributed by atoms with Crippen LogP contribution in [0.1, 0.15) is 31.2 Å². The molecule has 6 nitrogen and oxygen atoms in total. The Balaban J connectivity index is 2.31. The van der Waals surface area contributed by atoms with Crippen molar-refractivity contribution in [3.8, 4) is 0 Å². The van der Waals surface area contributed by atoms with Crippen LogP contribution >= 0.6 is 23.6 Å². The van der Waals surface area contributed by atoms with Crippen LogP contribution in [-0.2, 0) is 10.9 Å². The standard InChI is InChI=1S/C18H18F3N3O3S2/c1-9-12(16(26)27-4)14(29-13(9)15(25)24(2)3)23-17(28)22-11-7-5-6-10(8-11)18(19,20)21/h5-8H,1-4H3,(H2,22,23,28). The number of carbonyl (C=O) groups excluding carboxylic acids is 2. The van der Waals surface area contributed by atoms with E-state index in [4.69, 9.17) is 17.0 Å². The van der Waals surface area contributed by atoms with Crippen molar-refractivity contribution in [3.63, 3.8) is 0 Å². The number of benzene rings is 1. The summed E-state index contributed by atoms with van der Waals surface area (Å²) in [6, 6.07) is 4.52. The first-order chi connectivity index (χ1) is 13.5. The Morgan fingerprint density at radius 1 is 1.21 bits per heavy atom. The van der Waals surface area contributed by atoms with E-state index in [0.29, 0.717) is 10.4 Å². The second-order valence-electron chi connectivity index (χ2n) is 6.11. The largest absolute Gasteiger partial charge is 0.465 e. The van der Waals surface area contributed by atoms with E-state index < -0.39 is 17.7 Å². The molecule has 0 radical (unpaired) electrons. The molecule has 0 bridgehead atoms. The summed E-state index contributed by atoms with van der Waals surface area (Å²) in [6.07, 6.45) is -4.49. The molecule has 29 heavy (non-hydrogen) atoms. The molecule has 1 aromatic carbocycles. The van der Waals surface area contributed by atoms with E-state index in [-0.39, 0.29) is 27.3 Å². The lowest BCUT2D eigenvalue weighted by molar-refractivity contribution is -0.137. The molecule has 11 heteroatoms. The van der Waals surface area contributed by atoms with Crippen LogP contribution in [0.5, 0.6) is 0 Å². The Bertz CT molecular complexity index is 956. The number of methoxy groups -OCH3 is 1. The summed E-state index contributed by atoms with van der Waals surface area (Å²) >= 11 is 6.16. The maximum absolute atomic E-state index is 12.9. The molecule has 2 rings (SSSR count). The highest BCUT2D eigenvalue weighted by Crippen LogP contribution is 2.35. The summed E-state index contributed by atoms with van der Waals surface area (Å²) in [6.45, 7) is 1.61. The van der Waals surface area contributed by atoms with Gasteiger partial charge in [0, 0.05) is 19.8 Å². The van der Waals surface area contributed by atoms with Crippen molar-refractivity contribution in [1.82, 2.24) is 4.90 Å². The lowest BCUT2D eigenvalue weighted by Gasteiger charge is -2.12. The summed E-state index contributed by atoms with van der Waals surface area (Å²) in [7, 11) is 4.36. The Morgan fingerprint density at radius 3 is 2.41 bits per heavy atom. The van der Waals surface area contributed by atoms with Gasteiger partial charge in [0.05, 0.1) is 23.1 Å². The first-order valence-corrected chi connectivity index (χ1v) is 9.36. The van der Waals surface area contributed by atoms with Crippen molar-refractivity contribution < 1.29 is 27.5 Å². The molecule has 1 aromatic heterocycles. The third kappa shape index (κ3) is 5.24. The van der Waals surface area contributed by atoms with Gasteiger partial charge in [-0.1, -0.05) is 6.07 Å². The van der Waals surface area contributed by atoms with Crippen LogP contribution in [0, 0.1) is 6.92 Å². The van der Waals surface area contributed by atoms with Crippen molar-refractivity contribution in [3.05, 3.63) is 45.8 Å². The van der Waals surface area contributed by atoms with Gasteiger partial charge >= 0.3 is 12.1 Å². The number of rotatable bonds is 4. The number of carbonyl (C=O) groups is 2. The SMILES string of the molecule is COC(=O)c1c(NC(=S)Nc2cccc(C(F)(F)F)c2)sc(C(=O)N(C)C)c1C. The number of nitrogens with one attached hydrogen (secondary N) is 2. The predicted molar refractivity (Wildman–Crippen MR) is 110 cm³/mol. The summed E-state index contributed by atoms with van der Waals surface area (Å²) in [5.74, 6) is -0.969. The molecule has 2 aromatic rings. The normalized spacial score (nSPS) is 11.0. The molecule has 2 N–H and O–H groups in total. The summed E-state index contributed by atoms with van der Waals surface area (Å²) in [5, 5.41) is 5.63. The van der Waals surface area contributed by atoms with Crippen LogP contribution < -0.4 is 10.6 Å². The van der Waals surface area contributed by atoms with E-state index in [1.54, 1.807) is 21.0 Å². The monoisotopic (exact) mass is 445 g/mol. The molecule has 0 saturated carbocycles. The molecule has 1 amide bonds. The van der Waals surface area contributed by atoms with Gasteiger partial charge < -0.3 is 20.3 Å². The zero-order valence-electron chi connectivity index (χ0n) is 15.9. The van der Waals surface area contributed by atoms with Gasteiger partial charge in [-0.25, -0.2) is 4.79 Å². The molecule has 0 saturated heterocycles. The highest BCUT2D eigenvalue weighted by atomic mass is 32.1. The molecule has 0 aliphatic rings. The number of amides is 1. The minimum absolute atomic E-state index is 0.0421. The molecule has 1 heterocycles. The van der Waals surface area contributed by atoms with Crippen LogP contribution in [0.3, 0.4) is 0 Å². The molecular formula is C18H18F3N3O3S2. The van der Waals surface area contributed by atoms with Gasteiger partial charge in [0.15, 0.2) is 5.11 Å². The number of hydrogen-bond acceptors (Lipinski definition) is 5. The first-order valence-electron chi connectivity index (χ1n) is 8.14. The number of anilines is 2. The number of hydrogen-bond donors (Lipinski definition) is 2. The Labute approximate surface area is 174 Å². The van der Waals surface area contributed by atoms with Gasteiger partial charge in [-0.3, -0.25) is 4.79 Å². The molecular weight excluding hydrogens is 427 g/mol. The maximum Gasteiger partial charge on any atom is 0.416 e. The first kappa shape index (κ1) is 22.6. The predicted octanol–water partition coefficient (Wildman–Crippen LogP) is 4.37. The van der Waals surface area contributed by atoms with E-state index in [9.17, 15) is 22.8 Å². The Hall–Kier alpha value is -2.66. The molecule has 0 fully saturated rings. The number of ether oxygens (including phenoxy) is 1. The fraction of sp³-hybridized carbons (Fsp3) is 0.278. The minimum Gasteiger partial charge on any atom is -0.465 e. The van der Waals surface area contributed by atoms with Crippen LogP contribution in [0.25, 0.3) is 0 Å². The highest BCUT2D eigenvalue weighted by molar-refractivity contribution is 7.80. The summed E-state index contributed by atoms with van der Waals surface area (Å²) in [4.78, 5) is 26.2. The summed E-state index contributed by atoms with van der Waals surface area (Å²) in [5.41, 5.74) is -0.151. The van der Waals surface area contributed by atoms with E-state index >= 15 is 0 Å². The average molecular weight is 445 g/mol. The lowest BCUT2D eigenvalue weighted by Crippen LogP contribution is -2.21. The Morgan fingerprint density at radius 2 is 1.86 bits per heavy atom. The van der Waals surface area contributed by atoms with Crippen LogP contribution in [0.2, 0.25) is 0 Å². The molecule has 0 aliphatic heterocycles. The fourth-order valence-corrected chi connectivity index (χ4v) is 3.90. The number of alkyl halides is 3. The third-order valence-electron chi connectivity index (χ3n) is 3.81. The number of nitrogens with zero attached hydrogens (tertiary/aromatic N) is 1. The van der Waals surface area contributed by atoms with Crippen molar-refractivity contribution in [2.75, 3.05) is 31.8 Å². The van der Waals surface area contributed by atoms with Crippen LogP contribution in [0.4, 0.5) is 23.9 Å². The molecule has 156 valence electrons. The second kappa shape index (κ2) is 8.78. The van der Waals surface area contributed by atoms with E-state index in [0.717, 1.165) is 23.5 Å². The smallest absolute Gasteiger partial charge is 0.416 e. The fourth-order valence-electron chi connectivity index (χ4n) is 2.40. The van der Waals surface area contributed by atoms with Gasteiger partial charge in [-0.15, -0.1) is 11.3 Å². The topological polar surface area (TPSA) is 70.7 Å². The van der Waals surface area contributed by atoms with E-state index in [1.165, 1.54) is 24.1 Å². The van der Waals surface area contributed by atoms with Crippen molar-refractivity contribution in [2.24, 2.45) is 0 Å². The third-order valence-corrected chi connectivity index (χ3v) is 5.21. The minimum atomic E-state index is -4.49. The van der Waals surface area contributed by atoms with Crippen LogP contribution in [-0.4, -0.2) is 43.1 Å². The number of thiocarbonyl (C=S) groups is 1. The van der Waals surface area contributed by atoms with Gasteiger partial charge in [0.1, 0.15) is 5.00 Å². The second-order valence-corrected chi connectivity index (χ2v) is 7.54. The Kier molecular flexibility index (Phi) is 6.85. The van der Waals surface area contributed by atoms with Crippen molar-refractivity contribution in [2.45, 2.75) is 13.1 Å². The number of thiophene rings is 1. The molecule has 0 aliphatic carbocycles. The average Bonchev–Trinajstić information content (AvgIpc) is 2.95. The molecule has 0 atom stereocenters. The zero-order valence-corrected chi connectivity index (χ0v) is 17.6. The molecule has 0 spiro atoms. The van der Waals surface area contributed by atoms with E-state index in [2.05, 4.69) is 10.6 Å². The van der Waals surface area contributed by atoms with Crippen molar-refractivity contribution in [1.29, 1.82) is 0 Å². The zero-order chi connectivity index (χ0) is 21.9. The summed E-state index contributed by atoms with van der Waals surface area (Å²) < 4.78 is 43.4. The van der Waals surface area contributed by atoms with Crippen molar-refractivity contribution >= 4 is 51.2 Å². The van der Waals surface area contributed by atoms with Gasteiger partial charge in [-0.2, -0.15) is 13.2 Å². The van der Waals surface area contributed by atoms with E-state index in [1.807, 2.05) is 0 Å². The number of halogens is 3. The van der Waals surface area contributed by atoms with Crippen LogP contribution in [0.15, 0.2) is 24.3 Å². The van der Waals surface area contributed by atoms with Gasteiger partial charge in [0.2, 0.25) is 0 Å². The quantitative estimate of drug-likeness (QED) is 0.538. The van der Waals surface area contributed by atoms with Gasteiger partial charge in [-0.05, 0) is 42.9 Å². The number of esters is 1. The highest BCUT2D eigenvalue weighted by Gasteiger charge is 2.30. The van der Waals surface area contributed by atoms with Gasteiger partial charge in [0.25, 0.3) is 5.91 Å². The lowest BCUT2D eigenvalue weighted by atomic mass is 10.1. The molecule has 0 unspecified atom stereocenters.